The Bertz CT molecular complexity index is 1410. The fourth-order valence-electron chi connectivity index (χ4n) is 3.63. The predicted molar refractivity (Wildman–Crippen MR) is 134 cm³/mol. The molecular formula is C24H20N6S2. The summed E-state index contributed by atoms with van der Waals surface area (Å²) in [6.45, 7) is 3.77. The number of hydrogen-bond donors (Lipinski definition) is 1. The molecule has 0 atom stereocenters. The molecule has 5 aromatic rings. The molecule has 0 radical (unpaired) electrons. The van der Waals surface area contributed by atoms with Gasteiger partial charge in [-0.3, -0.25) is 0 Å². The third kappa shape index (κ3) is 3.47. The van der Waals surface area contributed by atoms with E-state index >= 15 is 0 Å². The van der Waals surface area contributed by atoms with Crippen molar-refractivity contribution >= 4 is 39.0 Å². The molecule has 3 heterocycles. The van der Waals surface area contributed by atoms with Crippen molar-refractivity contribution in [2.75, 3.05) is 11.5 Å². The van der Waals surface area contributed by atoms with Gasteiger partial charge in [-0.15, -0.1) is 38.3 Å². The van der Waals surface area contributed by atoms with Crippen LogP contribution in [0.25, 0.3) is 43.3 Å². The molecule has 158 valence electrons. The number of anilines is 1. The highest BCUT2D eigenvalue weighted by atomic mass is 32.2. The molecule has 0 aliphatic rings. The minimum atomic E-state index is 0.645. The number of thioether (sulfide) groups is 1. The topological polar surface area (TPSA) is 82.5 Å². The summed E-state index contributed by atoms with van der Waals surface area (Å²) in [5.74, 6) is 1.48. The highest BCUT2D eigenvalue weighted by Crippen LogP contribution is 2.46. The van der Waals surface area contributed by atoms with Gasteiger partial charge in [0.25, 0.3) is 0 Å². The van der Waals surface area contributed by atoms with Crippen molar-refractivity contribution in [2.24, 2.45) is 7.05 Å². The lowest BCUT2D eigenvalue weighted by molar-refractivity contribution is 0.796. The lowest BCUT2D eigenvalue weighted by Gasteiger charge is -2.11. The van der Waals surface area contributed by atoms with E-state index in [1.807, 2.05) is 66.2 Å². The first kappa shape index (κ1) is 20.4. The van der Waals surface area contributed by atoms with E-state index in [9.17, 15) is 0 Å². The molecule has 0 saturated carbocycles. The molecule has 6 nitrogen and oxygen atoms in total. The summed E-state index contributed by atoms with van der Waals surface area (Å²) >= 11 is 3.07. The van der Waals surface area contributed by atoms with Crippen LogP contribution in [0.15, 0.2) is 78.5 Å². The van der Waals surface area contributed by atoms with Crippen LogP contribution in [0.4, 0.5) is 5.69 Å². The zero-order chi connectivity index (χ0) is 22.1. The smallest absolute Gasteiger partial charge is 0.191 e. The van der Waals surface area contributed by atoms with Crippen LogP contribution in [0.1, 0.15) is 0 Å². The average Bonchev–Trinajstić information content (AvgIpc) is 3.37. The van der Waals surface area contributed by atoms with Crippen LogP contribution < -0.4 is 5.73 Å². The first-order chi connectivity index (χ1) is 15.7. The van der Waals surface area contributed by atoms with Gasteiger partial charge in [-0.05, 0) is 5.56 Å². The molecule has 0 amide bonds. The van der Waals surface area contributed by atoms with E-state index in [1.54, 1.807) is 11.8 Å². The van der Waals surface area contributed by atoms with E-state index in [0.29, 0.717) is 5.69 Å². The minimum Gasteiger partial charge on any atom is -0.397 e. The van der Waals surface area contributed by atoms with E-state index in [1.165, 1.54) is 11.3 Å². The zero-order valence-corrected chi connectivity index (χ0v) is 19.0. The highest BCUT2D eigenvalue weighted by molar-refractivity contribution is 7.99. The van der Waals surface area contributed by atoms with Crippen LogP contribution >= 0.6 is 23.1 Å². The van der Waals surface area contributed by atoms with Crippen molar-refractivity contribution in [1.29, 1.82) is 0 Å². The van der Waals surface area contributed by atoms with E-state index in [0.717, 1.165) is 54.2 Å². The number of nitrogen functional groups attached to an aromatic ring is 1. The Balaban J connectivity index is 1.76. The molecule has 0 aliphatic carbocycles. The Kier molecular flexibility index (Phi) is 5.46. The summed E-state index contributed by atoms with van der Waals surface area (Å²) in [6.07, 6.45) is 1.85. The lowest BCUT2D eigenvalue weighted by Crippen LogP contribution is -1.97. The maximum absolute atomic E-state index is 6.77. The van der Waals surface area contributed by atoms with Gasteiger partial charge < -0.3 is 10.3 Å². The second-order valence-corrected chi connectivity index (χ2v) is 9.13. The second-order valence-electron chi connectivity index (χ2n) is 7.15. The normalized spacial score (nSPS) is 11.2. The van der Waals surface area contributed by atoms with E-state index in [4.69, 9.17) is 5.73 Å². The zero-order valence-electron chi connectivity index (χ0n) is 17.4. The molecule has 0 unspecified atom stereocenters. The molecular weight excluding hydrogens is 436 g/mol. The third-order valence-corrected chi connectivity index (χ3v) is 7.23. The first-order valence-electron chi connectivity index (χ1n) is 10.0. The molecule has 5 rings (SSSR count). The van der Waals surface area contributed by atoms with Crippen molar-refractivity contribution in [3.05, 3.63) is 73.3 Å². The Morgan fingerprint density at radius 3 is 2.34 bits per heavy atom. The number of nitrogens with two attached hydrogens (primary N) is 1. The van der Waals surface area contributed by atoms with Crippen LogP contribution in [0.2, 0.25) is 0 Å². The van der Waals surface area contributed by atoms with E-state index < -0.39 is 0 Å². The summed E-state index contributed by atoms with van der Waals surface area (Å²) in [7, 11) is 1.95. The number of rotatable bonds is 6. The average molecular weight is 457 g/mol. The number of benzene rings is 2. The van der Waals surface area contributed by atoms with Crippen molar-refractivity contribution in [3.63, 3.8) is 0 Å². The van der Waals surface area contributed by atoms with Crippen LogP contribution in [-0.4, -0.2) is 30.7 Å². The first-order valence-corrected chi connectivity index (χ1v) is 11.8. The Hall–Kier alpha value is -3.49. The summed E-state index contributed by atoms with van der Waals surface area (Å²) < 4.78 is 1.96. The Morgan fingerprint density at radius 2 is 1.66 bits per heavy atom. The molecule has 32 heavy (non-hydrogen) atoms. The predicted octanol–water partition coefficient (Wildman–Crippen LogP) is 5.68. The Labute approximate surface area is 193 Å². The van der Waals surface area contributed by atoms with E-state index in [-0.39, 0.29) is 0 Å². The van der Waals surface area contributed by atoms with Crippen LogP contribution in [-0.2, 0) is 7.05 Å². The molecule has 0 aliphatic heterocycles. The van der Waals surface area contributed by atoms with Crippen LogP contribution in [0.5, 0.6) is 0 Å². The van der Waals surface area contributed by atoms with Gasteiger partial charge in [0.2, 0.25) is 0 Å². The molecule has 3 aromatic heterocycles. The molecule has 2 aromatic carbocycles. The summed E-state index contributed by atoms with van der Waals surface area (Å²) in [6, 6.07) is 20.3. The van der Waals surface area contributed by atoms with Gasteiger partial charge in [0.15, 0.2) is 11.0 Å². The SMILES string of the molecule is C=CCSc1nnc(-c2sc3nnc(-c4ccccc4)c(-c4ccccc4)c3c2N)n1C. The number of hydrogen-bond acceptors (Lipinski definition) is 7. The maximum atomic E-state index is 6.77. The molecule has 0 fully saturated rings. The fraction of sp³-hybridized carbons (Fsp3) is 0.0833. The summed E-state index contributed by atoms with van der Waals surface area (Å²) in [4.78, 5) is 1.62. The monoisotopic (exact) mass is 456 g/mol. The molecule has 0 bridgehead atoms. The number of fused-ring (bicyclic) bond motifs is 1. The number of aromatic nitrogens is 5. The van der Waals surface area contributed by atoms with E-state index in [2.05, 4.69) is 39.1 Å². The van der Waals surface area contributed by atoms with Crippen molar-refractivity contribution < 1.29 is 0 Å². The van der Waals surface area contributed by atoms with Crippen LogP contribution in [0.3, 0.4) is 0 Å². The molecule has 2 N–H and O–H groups in total. The van der Waals surface area contributed by atoms with Gasteiger partial charge in [-0.1, -0.05) is 78.5 Å². The number of thiophene rings is 1. The molecule has 0 spiro atoms. The van der Waals surface area contributed by atoms with Gasteiger partial charge in [0, 0.05) is 29.3 Å². The largest absolute Gasteiger partial charge is 0.397 e. The van der Waals surface area contributed by atoms with Gasteiger partial charge in [-0.2, -0.15) is 0 Å². The van der Waals surface area contributed by atoms with Crippen molar-refractivity contribution in [3.8, 4) is 33.1 Å². The third-order valence-electron chi connectivity index (χ3n) is 5.13. The second kappa shape index (κ2) is 8.57. The lowest BCUT2D eigenvalue weighted by atomic mass is 9.96. The van der Waals surface area contributed by atoms with Gasteiger partial charge >= 0.3 is 0 Å². The van der Waals surface area contributed by atoms with Crippen molar-refractivity contribution in [2.45, 2.75) is 5.16 Å². The quantitative estimate of drug-likeness (QED) is 0.261. The summed E-state index contributed by atoms with van der Waals surface area (Å²) in [5.41, 5.74) is 11.2. The molecule has 0 saturated heterocycles. The standard InChI is InChI=1S/C24H20N6S2/c1-3-14-31-24-29-27-22(30(24)2)21-19(25)18-17(15-10-6-4-7-11-15)20(26-28-23(18)32-21)16-12-8-5-9-13-16/h3-13H,1,14,25H2,2H3. The van der Waals surface area contributed by atoms with Gasteiger partial charge in [0.05, 0.1) is 10.6 Å². The Morgan fingerprint density at radius 1 is 0.969 bits per heavy atom. The number of nitrogens with zero attached hydrogens (tertiary/aromatic N) is 5. The highest BCUT2D eigenvalue weighted by Gasteiger charge is 2.24. The minimum absolute atomic E-state index is 0.645. The summed E-state index contributed by atoms with van der Waals surface area (Å²) in [5, 5.41) is 19.6. The fourth-order valence-corrected chi connectivity index (χ4v) is 5.34. The van der Waals surface area contributed by atoms with Crippen molar-refractivity contribution in [1.82, 2.24) is 25.0 Å². The van der Waals surface area contributed by atoms with Gasteiger partial charge in [-0.25, -0.2) is 0 Å². The van der Waals surface area contributed by atoms with Crippen LogP contribution in [0, 0.1) is 0 Å². The van der Waals surface area contributed by atoms with Gasteiger partial charge in [0.1, 0.15) is 10.5 Å². The maximum Gasteiger partial charge on any atom is 0.191 e. The molecule has 8 heteroatoms.